The Morgan fingerprint density at radius 1 is 0.767 bits per heavy atom. The van der Waals surface area contributed by atoms with Crippen molar-refractivity contribution in [3.05, 3.63) is 90.5 Å². The summed E-state index contributed by atoms with van der Waals surface area (Å²) in [5.74, 6) is 0.613. The van der Waals surface area contributed by atoms with Gasteiger partial charge in [-0.25, -0.2) is 13.1 Å². The summed E-state index contributed by atoms with van der Waals surface area (Å²) in [5, 5.41) is 0. The molecule has 1 aliphatic rings. The van der Waals surface area contributed by atoms with Gasteiger partial charge in [-0.3, -0.25) is 0 Å². The summed E-state index contributed by atoms with van der Waals surface area (Å²) >= 11 is 0. The van der Waals surface area contributed by atoms with Gasteiger partial charge in [-0.1, -0.05) is 72.8 Å². The third-order valence-corrected chi connectivity index (χ3v) is 7.33. The van der Waals surface area contributed by atoms with Crippen molar-refractivity contribution >= 4 is 10.0 Å². The summed E-state index contributed by atoms with van der Waals surface area (Å²) in [5.41, 5.74) is 3.50. The first-order chi connectivity index (χ1) is 14.6. The predicted octanol–water partition coefficient (Wildman–Crippen LogP) is 4.51. The van der Waals surface area contributed by atoms with Crippen LogP contribution < -0.4 is 4.72 Å². The fourth-order valence-corrected chi connectivity index (χ4v) is 5.11. The fraction of sp³-hybridized carbons (Fsp3) is 0.280. The second kappa shape index (κ2) is 9.56. The molecular weight excluding hydrogens is 392 g/mol. The zero-order valence-electron chi connectivity index (χ0n) is 17.1. The molecule has 0 aromatic heterocycles. The molecule has 0 bridgehead atoms. The second-order valence-electron chi connectivity index (χ2n) is 7.81. The number of piperidine rings is 1. The van der Waals surface area contributed by atoms with Crippen molar-refractivity contribution in [1.29, 1.82) is 0 Å². The van der Waals surface area contributed by atoms with Crippen molar-refractivity contribution < 1.29 is 8.42 Å². The number of benzene rings is 3. The Morgan fingerprint density at radius 2 is 1.33 bits per heavy atom. The van der Waals surface area contributed by atoms with Crippen LogP contribution >= 0.6 is 0 Å². The molecule has 0 saturated carbocycles. The number of likely N-dealkylation sites (tertiary alicyclic amines) is 1. The van der Waals surface area contributed by atoms with Crippen LogP contribution in [0, 0.1) is 0 Å². The summed E-state index contributed by atoms with van der Waals surface area (Å²) in [4.78, 5) is 2.66. The Morgan fingerprint density at radius 3 is 1.97 bits per heavy atom. The van der Waals surface area contributed by atoms with E-state index in [1.165, 1.54) is 5.56 Å². The van der Waals surface area contributed by atoms with E-state index in [-0.39, 0.29) is 0 Å². The highest BCUT2D eigenvalue weighted by Gasteiger charge is 2.21. The standard InChI is InChI=1S/C25H28N2O2S/c28-30(29,25-13-11-23(12-14-25)21-7-3-1-4-8-21)26-17-20-27-18-15-24(16-19-27)22-9-5-2-6-10-22/h1-14,24,26H,15-20H2. The Labute approximate surface area is 179 Å². The van der Waals surface area contributed by atoms with Crippen molar-refractivity contribution in [2.45, 2.75) is 23.7 Å². The van der Waals surface area contributed by atoms with Gasteiger partial charge in [-0.05, 0) is 60.7 Å². The molecule has 0 aliphatic carbocycles. The van der Waals surface area contributed by atoms with E-state index < -0.39 is 10.0 Å². The van der Waals surface area contributed by atoms with Crippen LogP contribution in [0.5, 0.6) is 0 Å². The topological polar surface area (TPSA) is 49.4 Å². The first-order valence-corrected chi connectivity index (χ1v) is 12.0. The lowest BCUT2D eigenvalue weighted by molar-refractivity contribution is 0.216. The first-order valence-electron chi connectivity index (χ1n) is 10.5. The van der Waals surface area contributed by atoms with E-state index in [0.717, 1.165) is 43.6 Å². The molecule has 1 fully saturated rings. The summed E-state index contributed by atoms with van der Waals surface area (Å²) in [6, 6.07) is 27.7. The molecule has 0 unspecified atom stereocenters. The van der Waals surface area contributed by atoms with Gasteiger partial charge in [-0.15, -0.1) is 0 Å². The molecule has 1 N–H and O–H groups in total. The molecule has 0 atom stereocenters. The minimum atomic E-state index is -3.49. The number of hydrogen-bond donors (Lipinski definition) is 1. The molecular formula is C25H28N2O2S. The number of nitrogens with zero attached hydrogens (tertiary/aromatic N) is 1. The third kappa shape index (κ3) is 5.17. The Hall–Kier alpha value is -2.47. The van der Waals surface area contributed by atoms with Gasteiger partial charge in [0.15, 0.2) is 0 Å². The first kappa shape index (κ1) is 20.8. The molecule has 4 nitrogen and oxygen atoms in total. The van der Waals surface area contributed by atoms with Gasteiger partial charge >= 0.3 is 0 Å². The Bertz CT molecular complexity index is 1030. The van der Waals surface area contributed by atoms with Crippen molar-refractivity contribution in [2.24, 2.45) is 0 Å². The number of sulfonamides is 1. The smallest absolute Gasteiger partial charge is 0.240 e. The maximum Gasteiger partial charge on any atom is 0.240 e. The summed E-state index contributed by atoms with van der Waals surface area (Å²) in [6.45, 7) is 3.18. The lowest BCUT2D eigenvalue weighted by atomic mass is 9.89. The maximum atomic E-state index is 12.6. The van der Waals surface area contributed by atoms with Crippen LogP contribution in [0.3, 0.4) is 0 Å². The third-order valence-electron chi connectivity index (χ3n) is 5.85. The van der Waals surface area contributed by atoms with Crippen LogP contribution in [0.15, 0.2) is 89.8 Å². The van der Waals surface area contributed by atoms with Gasteiger partial charge in [0.1, 0.15) is 0 Å². The molecule has 1 aliphatic heterocycles. The molecule has 3 aromatic rings. The lowest BCUT2D eigenvalue weighted by Gasteiger charge is -2.32. The predicted molar refractivity (Wildman–Crippen MR) is 122 cm³/mol. The highest BCUT2D eigenvalue weighted by atomic mass is 32.2. The van der Waals surface area contributed by atoms with E-state index in [1.54, 1.807) is 12.1 Å². The summed E-state index contributed by atoms with van der Waals surface area (Å²) < 4.78 is 28.0. The SMILES string of the molecule is O=S(=O)(NCCN1CCC(c2ccccc2)CC1)c1ccc(-c2ccccc2)cc1. The molecule has 0 amide bonds. The molecule has 30 heavy (non-hydrogen) atoms. The van der Waals surface area contributed by atoms with Crippen molar-refractivity contribution in [3.8, 4) is 11.1 Å². The highest BCUT2D eigenvalue weighted by Crippen LogP contribution is 2.27. The second-order valence-corrected chi connectivity index (χ2v) is 9.58. The maximum absolute atomic E-state index is 12.6. The molecule has 0 spiro atoms. The van der Waals surface area contributed by atoms with Gasteiger partial charge < -0.3 is 4.90 Å². The van der Waals surface area contributed by atoms with Crippen LogP contribution in [0.1, 0.15) is 24.3 Å². The van der Waals surface area contributed by atoms with E-state index in [0.29, 0.717) is 17.4 Å². The van der Waals surface area contributed by atoms with Gasteiger partial charge in [0, 0.05) is 13.1 Å². The minimum absolute atomic E-state index is 0.310. The van der Waals surface area contributed by atoms with Crippen LogP contribution in [0.4, 0.5) is 0 Å². The van der Waals surface area contributed by atoms with Crippen LogP contribution in [-0.2, 0) is 10.0 Å². The van der Waals surface area contributed by atoms with E-state index in [2.05, 4.69) is 40.0 Å². The van der Waals surface area contributed by atoms with E-state index in [4.69, 9.17) is 0 Å². The highest BCUT2D eigenvalue weighted by molar-refractivity contribution is 7.89. The van der Waals surface area contributed by atoms with Gasteiger partial charge in [0.25, 0.3) is 0 Å². The van der Waals surface area contributed by atoms with Crippen LogP contribution in [0.2, 0.25) is 0 Å². The Balaban J connectivity index is 1.27. The van der Waals surface area contributed by atoms with Crippen LogP contribution in [-0.4, -0.2) is 39.5 Å². The molecule has 1 heterocycles. The fourth-order valence-electron chi connectivity index (χ4n) is 4.09. The van der Waals surface area contributed by atoms with Crippen molar-refractivity contribution in [2.75, 3.05) is 26.2 Å². The van der Waals surface area contributed by atoms with Crippen molar-refractivity contribution in [1.82, 2.24) is 9.62 Å². The average Bonchev–Trinajstić information content (AvgIpc) is 2.81. The zero-order valence-corrected chi connectivity index (χ0v) is 17.9. The molecule has 5 heteroatoms. The van der Waals surface area contributed by atoms with Crippen LogP contribution in [0.25, 0.3) is 11.1 Å². The summed E-state index contributed by atoms with van der Waals surface area (Å²) in [7, 11) is -3.49. The van der Waals surface area contributed by atoms with Gasteiger partial charge in [-0.2, -0.15) is 0 Å². The molecule has 156 valence electrons. The number of hydrogen-bond acceptors (Lipinski definition) is 3. The lowest BCUT2D eigenvalue weighted by Crippen LogP contribution is -2.39. The van der Waals surface area contributed by atoms with Gasteiger partial charge in [0.05, 0.1) is 4.90 Å². The molecule has 1 saturated heterocycles. The minimum Gasteiger partial charge on any atom is -0.302 e. The normalized spacial score (nSPS) is 15.9. The summed E-state index contributed by atoms with van der Waals surface area (Å²) in [6.07, 6.45) is 2.25. The Kier molecular flexibility index (Phi) is 6.62. The quantitative estimate of drug-likeness (QED) is 0.612. The zero-order chi connectivity index (χ0) is 20.8. The van der Waals surface area contributed by atoms with E-state index >= 15 is 0 Å². The molecule has 0 radical (unpaired) electrons. The van der Waals surface area contributed by atoms with Crippen molar-refractivity contribution in [3.63, 3.8) is 0 Å². The van der Waals surface area contributed by atoms with E-state index in [9.17, 15) is 8.42 Å². The van der Waals surface area contributed by atoms with Gasteiger partial charge in [0.2, 0.25) is 10.0 Å². The van der Waals surface area contributed by atoms with E-state index in [1.807, 2.05) is 42.5 Å². The monoisotopic (exact) mass is 420 g/mol. The molecule has 3 aromatic carbocycles. The average molecular weight is 421 g/mol. The number of rotatable bonds is 7. The number of nitrogens with one attached hydrogen (secondary N) is 1. The molecule has 4 rings (SSSR count). The largest absolute Gasteiger partial charge is 0.302 e.